The summed E-state index contributed by atoms with van der Waals surface area (Å²) in [6.45, 7) is 3.66. The van der Waals surface area contributed by atoms with Gasteiger partial charge in [-0.1, -0.05) is 19.8 Å². The Labute approximate surface area is 88.1 Å². The van der Waals surface area contributed by atoms with Crippen LogP contribution in [0.3, 0.4) is 0 Å². The molecule has 15 heavy (non-hydrogen) atoms. The lowest BCUT2D eigenvalue weighted by Crippen LogP contribution is -2.00. The predicted molar refractivity (Wildman–Crippen MR) is 54.5 cm³/mol. The molecular formula is C12H13F2O. The summed E-state index contributed by atoms with van der Waals surface area (Å²) >= 11 is 0. The highest BCUT2D eigenvalue weighted by Gasteiger charge is 2.08. The zero-order valence-corrected chi connectivity index (χ0v) is 8.43. The number of ketones is 1. The number of hydrogen-bond donors (Lipinski definition) is 0. The Hall–Kier alpha value is -1.25. The minimum absolute atomic E-state index is 0.151. The molecular weight excluding hydrogens is 198 g/mol. The summed E-state index contributed by atoms with van der Waals surface area (Å²) in [5, 5.41) is 0. The van der Waals surface area contributed by atoms with Gasteiger partial charge in [0.05, 0.1) is 0 Å². The van der Waals surface area contributed by atoms with Gasteiger partial charge in [-0.15, -0.1) is 0 Å². The normalized spacial score (nSPS) is 10.3. The Bertz CT molecular complexity index is 347. The van der Waals surface area contributed by atoms with Crippen LogP contribution in [0.4, 0.5) is 8.78 Å². The number of rotatable bonds is 5. The molecule has 0 bridgehead atoms. The fourth-order valence-electron chi connectivity index (χ4n) is 1.28. The van der Waals surface area contributed by atoms with E-state index in [1.54, 1.807) is 0 Å². The molecule has 0 saturated heterocycles. The second-order valence-corrected chi connectivity index (χ2v) is 3.36. The van der Waals surface area contributed by atoms with E-state index in [0.29, 0.717) is 6.42 Å². The van der Waals surface area contributed by atoms with Crippen LogP contribution in [0.1, 0.15) is 36.0 Å². The van der Waals surface area contributed by atoms with Crippen molar-refractivity contribution in [1.29, 1.82) is 0 Å². The average Bonchev–Trinajstić information content (AvgIpc) is 2.22. The van der Waals surface area contributed by atoms with Gasteiger partial charge in [-0.3, -0.25) is 4.79 Å². The van der Waals surface area contributed by atoms with Crippen LogP contribution in [0.2, 0.25) is 0 Å². The lowest BCUT2D eigenvalue weighted by atomic mass is 10.0. The first-order valence-electron chi connectivity index (χ1n) is 4.92. The van der Waals surface area contributed by atoms with Crippen LogP contribution >= 0.6 is 0 Å². The SMILES string of the molecule is [CH2]CCCCC(=O)c1ccc(F)c(F)c1. The third-order valence-corrected chi connectivity index (χ3v) is 2.15. The molecule has 0 aliphatic rings. The largest absolute Gasteiger partial charge is 0.294 e. The molecule has 81 valence electrons. The Morgan fingerprint density at radius 2 is 1.93 bits per heavy atom. The smallest absolute Gasteiger partial charge is 0.162 e. The number of carbonyl (C=O) groups excluding carboxylic acids is 1. The molecule has 1 aromatic carbocycles. The molecule has 0 N–H and O–H groups in total. The van der Waals surface area contributed by atoms with E-state index in [1.807, 2.05) is 0 Å². The molecule has 0 aliphatic carbocycles. The van der Waals surface area contributed by atoms with Gasteiger partial charge in [0.25, 0.3) is 0 Å². The first kappa shape index (κ1) is 11.8. The van der Waals surface area contributed by atoms with Gasteiger partial charge in [-0.25, -0.2) is 8.78 Å². The van der Waals surface area contributed by atoms with Crippen molar-refractivity contribution in [2.24, 2.45) is 0 Å². The van der Waals surface area contributed by atoms with Crippen molar-refractivity contribution in [3.05, 3.63) is 42.3 Å². The predicted octanol–water partition coefficient (Wildman–Crippen LogP) is 3.54. The van der Waals surface area contributed by atoms with Gasteiger partial charge in [-0.05, 0) is 24.6 Å². The maximum atomic E-state index is 12.8. The molecule has 0 aliphatic heterocycles. The van der Waals surface area contributed by atoms with Crippen molar-refractivity contribution in [2.45, 2.75) is 25.7 Å². The summed E-state index contributed by atoms with van der Waals surface area (Å²) in [5.74, 6) is -2.05. The van der Waals surface area contributed by atoms with Crippen LogP contribution in [0.5, 0.6) is 0 Å². The van der Waals surface area contributed by atoms with E-state index in [-0.39, 0.29) is 11.3 Å². The molecule has 0 atom stereocenters. The van der Waals surface area contributed by atoms with Gasteiger partial charge in [0, 0.05) is 12.0 Å². The van der Waals surface area contributed by atoms with E-state index in [4.69, 9.17) is 0 Å². The van der Waals surface area contributed by atoms with Crippen molar-refractivity contribution in [1.82, 2.24) is 0 Å². The van der Waals surface area contributed by atoms with Crippen LogP contribution in [0, 0.1) is 18.6 Å². The van der Waals surface area contributed by atoms with E-state index in [2.05, 4.69) is 6.92 Å². The number of Topliss-reactive ketones (excluding diaryl/α,β-unsaturated/α-hetero) is 1. The molecule has 0 unspecified atom stereocenters. The highest BCUT2D eigenvalue weighted by molar-refractivity contribution is 5.95. The molecule has 0 spiro atoms. The number of carbonyl (C=O) groups is 1. The Morgan fingerprint density at radius 1 is 1.20 bits per heavy atom. The number of halogens is 2. The van der Waals surface area contributed by atoms with Gasteiger partial charge in [-0.2, -0.15) is 0 Å². The third kappa shape index (κ3) is 3.42. The topological polar surface area (TPSA) is 17.1 Å². The van der Waals surface area contributed by atoms with E-state index < -0.39 is 11.6 Å². The molecule has 1 nitrogen and oxygen atoms in total. The number of benzene rings is 1. The van der Waals surface area contributed by atoms with E-state index in [9.17, 15) is 13.6 Å². The lowest BCUT2D eigenvalue weighted by Gasteiger charge is -2.01. The summed E-state index contributed by atoms with van der Waals surface area (Å²) in [4.78, 5) is 11.5. The standard InChI is InChI=1S/C12H13F2O/c1-2-3-4-5-12(15)9-6-7-10(13)11(14)8-9/h6-8H,1-5H2. The molecule has 0 amide bonds. The summed E-state index contributed by atoms with van der Waals surface area (Å²) in [6, 6.07) is 3.23. The molecule has 1 radical (unpaired) electrons. The van der Waals surface area contributed by atoms with Gasteiger partial charge >= 0.3 is 0 Å². The van der Waals surface area contributed by atoms with Gasteiger partial charge in [0.15, 0.2) is 17.4 Å². The highest BCUT2D eigenvalue weighted by atomic mass is 19.2. The second kappa shape index (κ2) is 5.59. The van der Waals surface area contributed by atoms with Crippen LogP contribution in [0.25, 0.3) is 0 Å². The van der Waals surface area contributed by atoms with Crippen molar-refractivity contribution >= 4 is 5.78 Å². The van der Waals surface area contributed by atoms with E-state index in [1.165, 1.54) is 6.07 Å². The van der Waals surface area contributed by atoms with Gasteiger partial charge in [0.1, 0.15) is 0 Å². The maximum absolute atomic E-state index is 12.8. The van der Waals surface area contributed by atoms with Gasteiger partial charge < -0.3 is 0 Å². The minimum Gasteiger partial charge on any atom is -0.294 e. The van der Waals surface area contributed by atoms with Crippen molar-refractivity contribution in [3.8, 4) is 0 Å². The molecule has 3 heteroatoms. The molecule has 1 rings (SSSR count). The second-order valence-electron chi connectivity index (χ2n) is 3.36. The lowest BCUT2D eigenvalue weighted by molar-refractivity contribution is 0.0979. The van der Waals surface area contributed by atoms with Crippen molar-refractivity contribution in [3.63, 3.8) is 0 Å². The number of hydrogen-bond acceptors (Lipinski definition) is 1. The van der Waals surface area contributed by atoms with E-state index in [0.717, 1.165) is 31.4 Å². The fourth-order valence-corrected chi connectivity index (χ4v) is 1.28. The first-order valence-corrected chi connectivity index (χ1v) is 4.92. The quantitative estimate of drug-likeness (QED) is 0.537. The molecule has 1 aromatic rings. The molecule has 0 aromatic heterocycles. The van der Waals surface area contributed by atoms with Gasteiger partial charge in [0.2, 0.25) is 0 Å². The summed E-state index contributed by atoms with van der Waals surface area (Å²) in [6.07, 6.45) is 2.75. The van der Waals surface area contributed by atoms with Crippen LogP contribution in [0.15, 0.2) is 18.2 Å². The third-order valence-electron chi connectivity index (χ3n) is 2.15. The Balaban J connectivity index is 2.62. The minimum atomic E-state index is -0.974. The molecule has 0 fully saturated rings. The summed E-state index contributed by atoms with van der Waals surface area (Å²) < 4.78 is 25.4. The molecule has 0 heterocycles. The Kier molecular flexibility index (Phi) is 4.40. The maximum Gasteiger partial charge on any atom is 0.162 e. The zero-order valence-electron chi connectivity index (χ0n) is 8.43. The summed E-state index contributed by atoms with van der Waals surface area (Å²) in [7, 11) is 0. The fraction of sp³-hybridized carbons (Fsp3) is 0.333. The number of unbranched alkanes of at least 4 members (excludes halogenated alkanes) is 2. The van der Waals surface area contributed by atoms with E-state index >= 15 is 0 Å². The molecule has 0 saturated carbocycles. The Morgan fingerprint density at radius 3 is 2.53 bits per heavy atom. The van der Waals surface area contributed by atoms with Crippen LogP contribution in [-0.4, -0.2) is 5.78 Å². The zero-order chi connectivity index (χ0) is 11.3. The van der Waals surface area contributed by atoms with Crippen molar-refractivity contribution < 1.29 is 13.6 Å². The first-order chi connectivity index (χ1) is 7.15. The van der Waals surface area contributed by atoms with Crippen LogP contribution in [-0.2, 0) is 0 Å². The monoisotopic (exact) mass is 211 g/mol. The van der Waals surface area contributed by atoms with Crippen LogP contribution < -0.4 is 0 Å². The van der Waals surface area contributed by atoms with Crippen molar-refractivity contribution in [2.75, 3.05) is 0 Å². The average molecular weight is 211 g/mol. The summed E-state index contributed by atoms with van der Waals surface area (Å²) in [5.41, 5.74) is 0.234. The highest BCUT2D eigenvalue weighted by Crippen LogP contribution is 2.12.